The number of hydrogen-bond donors (Lipinski definition) is 0. The molecule has 1 aliphatic rings. The van der Waals surface area contributed by atoms with Gasteiger partial charge in [-0.15, -0.1) is 6.58 Å². The van der Waals surface area contributed by atoms with Crippen LogP contribution in [-0.4, -0.2) is 18.8 Å². The molecule has 3 rings (SSSR count). The molecule has 0 radical (unpaired) electrons. The summed E-state index contributed by atoms with van der Waals surface area (Å²) in [4.78, 5) is 0.124. The molecule has 2 aromatic carbocycles. The first-order valence-corrected chi connectivity index (χ1v) is 10.8. The zero-order valence-corrected chi connectivity index (χ0v) is 17.6. The lowest BCUT2D eigenvalue weighted by molar-refractivity contribution is 0.318. The lowest BCUT2D eigenvalue weighted by atomic mass is 9.79. The van der Waals surface area contributed by atoms with Crippen molar-refractivity contribution < 1.29 is 8.42 Å². The Kier molecular flexibility index (Phi) is 5.45. The van der Waals surface area contributed by atoms with Gasteiger partial charge in [0.15, 0.2) is 5.41 Å². The molecule has 7 heteroatoms. The Morgan fingerprint density at radius 2 is 1.71 bits per heavy atom. The average Bonchev–Trinajstić information content (AvgIpc) is 3.05. The van der Waals surface area contributed by atoms with Gasteiger partial charge in [0, 0.05) is 16.9 Å². The summed E-state index contributed by atoms with van der Waals surface area (Å²) in [6.45, 7) is 5.63. The highest BCUT2D eigenvalue weighted by Gasteiger charge is 2.57. The highest BCUT2D eigenvalue weighted by Crippen LogP contribution is 2.52. The molecular weight excluding hydrogens is 438 g/mol. The maximum absolute atomic E-state index is 13.5. The van der Waals surface area contributed by atoms with Gasteiger partial charge in [-0.1, -0.05) is 51.8 Å². The van der Waals surface area contributed by atoms with Gasteiger partial charge in [0.2, 0.25) is 10.0 Å². The van der Waals surface area contributed by atoms with Crippen LogP contribution in [-0.2, 0) is 10.0 Å². The van der Waals surface area contributed by atoms with Gasteiger partial charge in [-0.25, -0.2) is 8.42 Å². The largest absolute Gasteiger partial charge is 0.244 e. The average molecular weight is 456 g/mol. The third-order valence-electron chi connectivity index (χ3n) is 5.03. The first-order valence-electron chi connectivity index (χ1n) is 8.60. The van der Waals surface area contributed by atoms with E-state index in [1.165, 1.54) is 10.4 Å². The summed E-state index contributed by atoms with van der Waals surface area (Å²) < 4.78 is 29.2. The van der Waals surface area contributed by atoms with Crippen LogP contribution in [0.5, 0.6) is 0 Å². The normalized spacial score (nSPS) is 21.6. The van der Waals surface area contributed by atoms with Crippen molar-refractivity contribution in [1.29, 1.82) is 10.5 Å². The molecule has 0 aliphatic carbocycles. The number of aryl methyl sites for hydroxylation is 1. The Labute approximate surface area is 173 Å². The SMILES string of the molecule is C=CC1CC(C#N)(C#N)C(c2ccc(Br)cc2)N1S(=O)(=O)c1ccc(C)cc1. The number of benzene rings is 2. The third-order valence-corrected chi connectivity index (χ3v) is 7.47. The molecule has 0 saturated carbocycles. The minimum absolute atomic E-state index is 0.0648. The monoisotopic (exact) mass is 455 g/mol. The van der Waals surface area contributed by atoms with Crippen molar-refractivity contribution in [3.63, 3.8) is 0 Å². The molecule has 2 atom stereocenters. The number of nitriles is 2. The van der Waals surface area contributed by atoms with Crippen LogP contribution in [0.15, 0.2) is 70.6 Å². The lowest BCUT2D eigenvalue weighted by Crippen LogP contribution is -2.38. The van der Waals surface area contributed by atoms with Crippen LogP contribution in [0.1, 0.15) is 23.6 Å². The fraction of sp³-hybridized carbons (Fsp3) is 0.238. The van der Waals surface area contributed by atoms with Crippen molar-refractivity contribution in [3.8, 4) is 12.1 Å². The molecule has 142 valence electrons. The van der Waals surface area contributed by atoms with E-state index < -0.39 is 27.5 Å². The van der Waals surface area contributed by atoms with E-state index in [1.54, 1.807) is 48.5 Å². The fourth-order valence-electron chi connectivity index (χ4n) is 3.59. The van der Waals surface area contributed by atoms with Gasteiger partial charge in [0.1, 0.15) is 0 Å². The molecule has 0 N–H and O–H groups in total. The Balaban J connectivity index is 2.24. The van der Waals surface area contributed by atoms with E-state index in [9.17, 15) is 18.9 Å². The third kappa shape index (κ3) is 3.27. The van der Waals surface area contributed by atoms with Crippen molar-refractivity contribution in [2.75, 3.05) is 0 Å². The summed E-state index contributed by atoms with van der Waals surface area (Å²) in [7, 11) is -3.97. The summed E-state index contributed by atoms with van der Waals surface area (Å²) in [6.07, 6.45) is 1.56. The van der Waals surface area contributed by atoms with Crippen molar-refractivity contribution in [3.05, 3.63) is 76.8 Å². The van der Waals surface area contributed by atoms with Crippen LogP contribution < -0.4 is 0 Å². The maximum Gasteiger partial charge on any atom is 0.244 e. The second-order valence-electron chi connectivity index (χ2n) is 6.80. The van der Waals surface area contributed by atoms with E-state index in [1.807, 2.05) is 6.92 Å². The number of halogens is 1. The molecule has 1 aliphatic heterocycles. The van der Waals surface area contributed by atoms with Gasteiger partial charge < -0.3 is 0 Å². The van der Waals surface area contributed by atoms with Crippen LogP contribution in [0, 0.1) is 35.0 Å². The molecule has 1 heterocycles. The Morgan fingerprint density at radius 1 is 1.14 bits per heavy atom. The van der Waals surface area contributed by atoms with E-state index in [0.717, 1.165) is 10.0 Å². The topological polar surface area (TPSA) is 85.0 Å². The predicted octanol–water partition coefficient (Wildman–Crippen LogP) is 4.48. The van der Waals surface area contributed by atoms with Crippen molar-refractivity contribution in [2.45, 2.75) is 30.3 Å². The minimum Gasteiger partial charge on any atom is -0.207 e. The van der Waals surface area contributed by atoms with Crippen LogP contribution in [0.4, 0.5) is 0 Å². The quantitative estimate of drug-likeness (QED) is 0.635. The highest BCUT2D eigenvalue weighted by atomic mass is 79.9. The Hall–Kier alpha value is -2.45. The number of nitrogens with zero attached hydrogens (tertiary/aromatic N) is 3. The predicted molar refractivity (Wildman–Crippen MR) is 109 cm³/mol. The smallest absolute Gasteiger partial charge is 0.207 e. The Morgan fingerprint density at radius 3 is 2.21 bits per heavy atom. The van der Waals surface area contributed by atoms with Crippen molar-refractivity contribution in [1.82, 2.24) is 4.31 Å². The number of rotatable bonds is 4. The molecule has 5 nitrogen and oxygen atoms in total. The molecule has 1 saturated heterocycles. The molecule has 0 amide bonds. The second-order valence-corrected chi connectivity index (χ2v) is 9.56. The van der Waals surface area contributed by atoms with Gasteiger partial charge in [0.05, 0.1) is 23.1 Å². The maximum atomic E-state index is 13.5. The van der Waals surface area contributed by atoms with Gasteiger partial charge >= 0.3 is 0 Å². The minimum atomic E-state index is -3.97. The molecular formula is C21H18BrN3O2S. The summed E-state index contributed by atoms with van der Waals surface area (Å²) in [6, 6.07) is 16.1. The van der Waals surface area contributed by atoms with E-state index in [0.29, 0.717) is 5.56 Å². The van der Waals surface area contributed by atoms with Crippen LogP contribution >= 0.6 is 15.9 Å². The first kappa shape index (κ1) is 20.3. The van der Waals surface area contributed by atoms with Crippen LogP contribution in [0.25, 0.3) is 0 Å². The molecule has 28 heavy (non-hydrogen) atoms. The van der Waals surface area contributed by atoms with E-state index in [4.69, 9.17) is 0 Å². The van der Waals surface area contributed by atoms with Gasteiger partial charge in [0.25, 0.3) is 0 Å². The molecule has 1 fully saturated rings. The van der Waals surface area contributed by atoms with E-state index in [-0.39, 0.29) is 11.3 Å². The molecule has 2 unspecified atom stereocenters. The van der Waals surface area contributed by atoms with Crippen LogP contribution in [0.2, 0.25) is 0 Å². The zero-order chi connectivity index (χ0) is 20.5. The summed E-state index contributed by atoms with van der Waals surface area (Å²) in [5.74, 6) is 0. The fourth-order valence-corrected chi connectivity index (χ4v) is 5.68. The van der Waals surface area contributed by atoms with Gasteiger partial charge in [-0.05, 0) is 36.8 Å². The van der Waals surface area contributed by atoms with Gasteiger partial charge in [-0.3, -0.25) is 0 Å². The Bertz CT molecular complexity index is 1070. The number of sulfonamides is 1. The summed E-state index contributed by atoms with van der Waals surface area (Å²) in [5, 5.41) is 19.7. The standard InChI is InChI=1S/C21H18BrN3O2S/c1-3-18-12-21(13-23,14-24)20(16-6-8-17(22)9-7-16)25(18)28(26,27)19-10-4-15(2)5-11-19/h3-11,18,20H,1,12H2,2H3. The van der Waals surface area contributed by atoms with Gasteiger partial charge in [-0.2, -0.15) is 14.8 Å². The first-order chi connectivity index (χ1) is 13.3. The summed E-state index contributed by atoms with van der Waals surface area (Å²) in [5.41, 5.74) is 0.0182. The van der Waals surface area contributed by atoms with Crippen molar-refractivity contribution >= 4 is 26.0 Å². The summed E-state index contributed by atoms with van der Waals surface area (Å²) >= 11 is 3.36. The van der Waals surface area contributed by atoms with Crippen LogP contribution in [0.3, 0.4) is 0 Å². The second kappa shape index (κ2) is 7.52. The highest BCUT2D eigenvalue weighted by molar-refractivity contribution is 9.10. The van der Waals surface area contributed by atoms with E-state index in [2.05, 4.69) is 34.6 Å². The van der Waals surface area contributed by atoms with Crippen molar-refractivity contribution in [2.24, 2.45) is 5.41 Å². The molecule has 0 spiro atoms. The lowest BCUT2D eigenvalue weighted by Gasteiger charge is -2.30. The molecule has 2 aromatic rings. The van der Waals surface area contributed by atoms with E-state index >= 15 is 0 Å². The zero-order valence-electron chi connectivity index (χ0n) is 15.2. The molecule has 0 aromatic heterocycles. The number of hydrogen-bond acceptors (Lipinski definition) is 4. The molecule has 0 bridgehead atoms.